The topological polar surface area (TPSA) is 75.6 Å². The van der Waals surface area contributed by atoms with Crippen molar-refractivity contribution in [3.05, 3.63) is 0 Å². The first-order valence-corrected chi connectivity index (χ1v) is 7.10. The minimum Gasteiger partial charge on any atom is -0.481 e. The van der Waals surface area contributed by atoms with Crippen molar-refractivity contribution >= 4 is 12.1 Å². The lowest BCUT2D eigenvalue weighted by Crippen LogP contribution is -2.34. The molecule has 5 heteroatoms. The number of nitrogens with one attached hydrogen (secondary N) is 1. The maximum atomic E-state index is 11.5. The van der Waals surface area contributed by atoms with Gasteiger partial charge < -0.3 is 15.2 Å². The van der Waals surface area contributed by atoms with E-state index < -0.39 is 17.7 Å². The molecule has 0 aliphatic rings. The molecule has 2 N–H and O–H groups in total. The Balaban J connectivity index is 4.21. The number of carbonyl (C=O) groups excluding carboxylic acids is 1. The molecule has 0 aromatic heterocycles. The normalized spacial score (nSPS) is 13.7. The third-order valence-electron chi connectivity index (χ3n) is 3.09. The molecule has 20 heavy (non-hydrogen) atoms. The standard InChI is InChI=1S/C15H29NO4/c1-14(2,3)11(7-8-12(17)18)9-10-16-13(19)20-15(4,5)6/h11H,7-10H2,1-6H3,(H,16,19)(H,17,18). The van der Waals surface area contributed by atoms with Crippen LogP contribution in [0.1, 0.15) is 60.8 Å². The van der Waals surface area contributed by atoms with E-state index in [2.05, 4.69) is 26.1 Å². The van der Waals surface area contributed by atoms with Gasteiger partial charge in [0.05, 0.1) is 0 Å². The van der Waals surface area contributed by atoms with Gasteiger partial charge in [0.25, 0.3) is 0 Å². The fourth-order valence-electron chi connectivity index (χ4n) is 1.97. The van der Waals surface area contributed by atoms with Crippen LogP contribution in [-0.2, 0) is 9.53 Å². The summed E-state index contributed by atoms with van der Waals surface area (Å²) in [6, 6.07) is 0. The van der Waals surface area contributed by atoms with Gasteiger partial charge in [0.2, 0.25) is 0 Å². The Labute approximate surface area is 122 Å². The average Bonchev–Trinajstić information content (AvgIpc) is 2.17. The molecule has 118 valence electrons. The summed E-state index contributed by atoms with van der Waals surface area (Å²) in [5.74, 6) is -0.534. The molecule has 0 fully saturated rings. The highest BCUT2D eigenvalue weighted by Crippen LogP contribution is 2.32. The Hall–Kier alpha value is -1.26. The zero-order valence-electron chi connectivity index (χ0n) is 13.6. The molecule has 1 unspecified atom stereocenters. The van der Waals surface area contributed by atoms with Crippen LogP contribution in [0, 0.1) is 11.3 Å². The minimum absolute atomic E-state index is 0.0189. The highest BCUT2D eigenvalue weighted by Gasteiger charge is 2.25. The lowest BCUT2D eigenvalue weighted by molar-refractivity contribution is -0.137. The SMILES string of the molecule is CC(C)(C)OC(=O)NCCC(CCC(=O)O)C(C)(C)C. The van der Waals surface area contributed by atoms with Crippen LogP contribution in [0.5, 0.6) is 0 Å². The van der Waals surface area contributed by atoms with Crippen molar-refractivity contribution in [2.75, 3.05) is 6.54 Å². The summed E-state index contributed by atoms with van der Waals surface area (Å²) in [5.41, 5.74) is -0.484. The smallest absolute Gasteiger partial charge is 0.407 e. The van der Waals surface area contributed by atoms with E-state index in [9.17, 15) is 9.59 Å². The van der Waals surface area contributed by atoms with Crippen LogP contribution in [0.3, 0.4) is 0 Å². The number of amides is 1. The van der Waals surface area contributed by atoms with Gasteiger partial charge in [0.15, 0.2) is 0 Å². The minimum atomic E-state index is -0.778. The molecule has 0 saturated heterocycles. The largest absolute Gasteiger partial charge is 0.481 e. The van der Waals surface area contributed by atoms with Gasteiger partial charge in [-0.05, 0) is 44.9 Å². The monoisotopic (exact) mass is 287 g/mol. The van der Waals surface area contributed by atoms with Gasteiger partial charge in [-0.2, -0.15) is 0 Å². The number of hydrogen-bond acceptors (Lipinski definition) is 3. The molecule has 1 atom stereocenters. The van der Waals surface area contributed by atoms with Crippen LogP contribution >= 0.6 is 0 Å². The maximum Gasteiger partial charge on any atom is 0.407 e. The van der Waals surface area contributed by atoms with E-state index in [-0.39, 0.29) is 17.8 Å². The van der Waals surface area contributed by atoms with E-state index in [0.29, 0.717) is 13.0 Å². The number of carboxylic acid groups (broad SMARTS) is 1. The van der Waals surface area contributed by atoms with Crippen molar-refractivity contribution in [1.82, 2.24) is 5.32 Å². The molecule has 0 aliphatic heterocycles. The summed E-state index contributed by atoms with van der Waals surface area (Å²) in [6.07, 6.45) is 1.10. The molecule has 5 nitrogen and oxygen atoms in total. The molecule has 0 aliphatic carbocycles. The van der Waals surface area contributed by atoms with E-state index in [1.165, 1.54) is 0 Å². The maximum absolute atomic E-state index is 11.5. The third-order valence-corrected chi connectivity index (χ3v) is 3.09. The van der Waals surface area contributed by atoms with E-state index in [1.807, 2.05) is 20.8 Å². The van der Waals surface area contributed by atoms with Crippen LogP contribution < -0.4 is 5.32 Å². The lowest BCUT2D eigenvalue weighted by Gasteiger charge is -2.30. The molecular weight excluding hydrogens is 258 g/mol. The Bertz CT molecular complexity index is 326. The number of alkyl carbamates (subject to hydrolysis) is 1. The van der Waals surface area contributed by atoms with Crippen LogP contribution in [0.15, 0.2) is 0 Å². The van der Waals surface area contributed by atoms with Crippen molar-refractivity contribution in [3.63, 3.8) is 0 Å². The number of carbonyl (C=O) groups is 2. The first kappa shape index (κ1) is 18.7. The summed E-state index contributed by atoms with van der Waals surface area (Å²) in [4.78, 5) is 22.2. The molecule has 0 rings (SSSR count). The molecular formula is C15H29NO4. The first-order valence-electron chi connectivity index (χ1n) is 7.10. The highest BCUT2D eigenvalue weighted by atomic mass is 16.6. The number of rotatable bonds is 6. The number of carboxylic acids is 1. The van der Waals surface area contributed by atoms with Gasteiger partial charge in [-0.3, -0.25) is 4.79 Å². The van der Waals surface area contributed by atoms with Gasteiger partial charge in [0.1, 0.15) is 5.60 Å². The predicted octanol–water partition coefficient (Wildman–Crippen LogP) is 3.43. The third kappa shape index (κ3) is 9.64. The van der Waals surface area contributed by atoms with Gasteiger partial charge in [-0.15, -0.1) is 0 Å². The molecule has 0 radical (unpaired) electrons. The second kappa shape index (κ2) is 7.50. The predicted molar refractivity (Wildman–Crippen MR) is 78.7 cm³/mol. The van der Waals surface area contributed by atoms with E-state index >= 15 is 0 Å². The Morgan fingerprint density at radius 2 is 1.65 bits per heavy atom. The summed E-state index contributed by atoms with van der Waals surface area (Å²) in [7, 11) is 0. The molecule has 1 amide bonds. The van der Waals surface area contributed by atoms with Gasteiger partial charge in [-0.1, -0.05) is 20.8 Å². The number of hydrogen-bond donors (Lipinski definition) is 2. The summed E-state index contributed by atoms with van der Waals surface area (Å²) in [6.45, 7) is 12.2. The van der Waals surface area contributed by atoms with Crippen LogP contribution in [-0.4, -0.2) is 29.3 Å². The Morgan fingerprint density at radius 1 is 1.10 bits per heavy atom. The zero-order chi connectivity index (χ0) is 16.0. The van der Waals surface area contributed by atoms with Crippen molar-refractivity contribution in [1.29, 1.82) is 0 Å². The van der Waals surface area contributed by atoms with Crippen molar-refractivity contribution in [2.24, 2.45) is 11.3 Å². The Kier molecular flexibility index (Phi) is 7.03. The summed E-state index contributed by atoms with van der Waals surface area (Å²) < 4.78 is 5.16. The molecule has 0 heterocycles. The lowest BCUT2D eigenvalue weighted by atomic mass is 9.76. The van der Waals surface area contributed by atoms with Crippen LogP contribution in [0.25, 0.3) is 0 Å². The van der Waals surface area contributed by atoms with Crippen molar-refractivity contribution < 1.29 is 19.4 Å². The molecule has 0 aromatic carbocycles. The van der Waals surface area contributed by atoms with Crippen LogP contribution in [0.4, 0.5) is 4.79 Å². The summed E-state index contributed by atoms with van der Waals surface area (Å²) in [5, 5.41) is 11.5. The number of aliphatic carboxylic acids is 1. The van der Waals surface area contributed by atoms with Gasteiger partial charge in [-0.25, -0.2) is 4.79 Å². The highest BCUT2D eigenvalue weighted by molar-refractivity contribution is 5.67. The van der Waals surface area contributed by atoms with Gasteiger partial charge >= 0.3 is 12.1 Å². The quantitative estimate of drug-likeness (QED) is 0.784. The zero-order valence-corrected chi connectivity index (χ0v) is 13.6. The average molecular weight is 287 g/mol. The van der Waals surface area contributed by atoms with Crippen LogP contribution in [0.2, 0.25) is 0 Å². The van der Waals surface area contributed by atoms with E-state index in [1.54, 1.807) is 0 Å². The fourth-order valence-corrected chi connectivity index (χ4v) is 1.97. The summed E-state index contributed by atoms with van der Waals surface area (Å²) >= 11 is 0. The molecule has 0 aromatic rings. The fraction of sp³-hybridized carbons (Fsp3) is 0.867. The van der Waals surface area contributed by atoms with E-state index in [0.717, 1.165) is 6.42 Å². The second-order valence-corrected chi connectivity index (χ2v) is 7.21. The van der Waals surface area contributed by atoms with Crippen molar-refractivity contribution in [2.45, 2.75) is 66.4 Å². The van der Waals surface area contributed by atoms with Crippen molar-refractivity contribution in [3.8, 4) is 0 Å². The van der Waals surface area contributed by atoms with E-state index in [4.69, 9.17) is 9.84 Å². The number of ether oxygens (including phenoxy) is 1. The Morgan fingerprint density at radius 3 is 2.05 bits per heavy atom. The van der Waals surface area contributed by atoms with Gasteiger partial charge in [0, 0.05) is 13.0 Å². The second-order valence-electron chi connectivity index (χ2n) is 7.21. The molecule has 0 saturated carbocycles. The first-order chi connectivity index (χ1) is 8.92. The molecule has 0 spiro atoms. The molecule has 0 bridgehead atoms.